The van der Waals surface area contributed by atoms with Crippen molar-refractivity contribution in [3.8, 4) is 0 Å². The monoisotopic (exact) mass is 269 g/mol. The molecule has 0 saturated heterocycles. The summed E-state index contributed by atoms with van der Waals surface area (Å²) in [5.41, 5.74) is 0. The van der Waals surface area contributed by atoms with Crippen LogP contribution in [0.4, 0.5) is 0 Å². The third-order valence-electron chi connectivity index (χ3n) is 0. The largest absolute Gasteiger partial charge is 0.660 e. The number of carbonyl (C=O) groups excluding carboxylic acids is 3. The summed E-state index contributed by atoms with van der Waals surface area (Å²) in [4.78, 5) is 31.4. The van der Waals surface area contributed by atoms with Gasteiger partial charge in [0.05, 0.1) is 0 Å². The van der Waals surface area contributed by atoms with E-state index in [9.17, 15) is 0 Å². The summed E-state index contributed by atoms with van der Waals surface area (Å²) in [6, 6.07) is 0. The summed E-state index contributed by atoms with van der Waals surface area (Å²) in [5.74, 6) is 0. The fourth-order valence-electron chi connectivity index (χ4n) is 0. The van der Waals surface area contributed by atoms with Crippen molar-refractivity contribution >= 4 is 19.4 Å². The molecule has 0 fully saturated rings. The molecule has 0 rings (SSSR count). The van der Waals surface area contributed by atoms with Gasteiger partial charge >= 0.3 is 6.15 Å². The highest BCUT2D eigenvalue weighted by molar-refractivity contribution is 5.32. The van der Waals surface area contributed by atoms with Gasteiger partial charge in [-0.2, -0.15) is 0 Å². The highest BCUT2D eigenvalue weighted by atomic mass is 16.3. The Hall–Kier alpha value is -1.64. The molecule has 8 N–H and O–H groups in total. The second-order valence-electron chi connectivity index (χ2n) is 0.197. The van der Waals surface area contributed by atoms with Crippen LogP contribution in [-0.4, -0.2) is 64.7 Å². The molecule has 0 aliphatic heterocycles. The van der Waals surface area contributed by atoms with Crippen molar-refractivity contribution in [2.45, 2.75) is 22.3 Å². The van der Waals surface area contributed by atoms with Crippen molar-refractivity contribution in [1.29, 1.82) is 0 Å². The first-order chi connectivity index (χ1) is 5.83. The topological polar surface area (TPSA) is 196 Å². The van der Waals surface area contributed by atoms with E-state index in [0.29, 0.717) is 6.15 Å². The van der Waals surface area contributed by atoms with Gasteiger partial charge in [0.15, 0.2) is 0 Å². The molecule has 0 unspecified atom stereocenters. The summed E-state index contributed by atoms with van der Waals surface area (Å²) >= 11 is 0. The van der Waals surface area contributed by atoms with Gasteiger partial charge in [0.2, 0.25) is 0 Å². The molecule has 17 heavy (non-hydrogen) atoms. The molecule has 0 aliphatic carbocycles. The van der Waals surface area contributed by atoms with Crippen molar-refractivity contribution in [3.05, 3.63) is 0 Å². The Balaban J connectivity index is -0.00000000425. The number of rotatable bonds is 0. The highest BCUT2D eigenvalue weighted by Crippen LogP contribution is 0.966. The van der Waals surface area contributed by atoms with Gasteiger partial charge in [-0.25, -0.2) is 0 Å². The average Bonchev–Trinajstić information content (AvgIpc) is 2.16. The zero-order chi connectivity index (χ0) is 11.4. The van der Waals surface area contributed by atoms with Crippen molar-refractivity contribution in [3.63, 3.8) is 0 Å². The minimum Gasteiger partial charge on any atom is -0.483 e. The normalized spacial score (nSPS) is 2.12. The number of aliphatic hydroxyl groups excluding tert-OH is 2. The Morgan fingerprint density at radius 3 is 1.00 bits per heavy atom. The molecule has 114 valence electrons. The summed E-state index contributed by atoms with van der Waals surface area (Å²) in [7, 11) is 2.00. The summed E-state index contributed by atoms with van der Waals surface area (Å²) in [6.45, 7) is 1.75. The fraction of sp³-hybridized carbons (Fsp3) is 0.625. The second kappa shape index (κ2) is 19800. The van der Waals surface area contributed by atoms with Crippen LogP contribution in [0.15, 0.2) is 0 Å². The molecule has 0 spiro atoms. The molecule has 0 aromatic heterocycles. The summed E-state index contributed by atoms with van der Waals surface area (Å²) in [5, 5.41) is 20.9. The molecule has 0 amide bonds. The smallest absolute Gasteiger partial charge is 0.483 e. The minimum absolute atomic E-state index is 0. The van der Waals surface area contributed by atoms with Crippen LogP contribution in [0.5, 0.6) is 0 Å². The van der Waals surface area contributed by atoms with E-state index >= 15 is 0 Å². The molecule has 9 nitrogen and oxygen atoms in total. The van der Waals surface area contributed by atoms with E-state index in [-0.39, 0.29) is 39.7 Å². The Kier molecular flexibility index (Phi) is 128000. The zero-order valence-electron chi connectivity index (χ0n) is 7.80. The maximum absolute atomic E-state index is 8.36. The quantitative estimate of drug-likeness (QED) is 0.348. The van der Waals surface area contributed by atoms with Crippen LogP contribution < -0.4 is 0 Å². The SMILES string of the molecule is C.C.C.C=O.CO.CO.O.O.O=C=[OH+].O=CO. The predicted octanol–water partition coefficient (Wildman–Crippen LogP) is -1.62. The lowest BCUT2D eigenvalue weighted by Crippen LogP contribution is -1.49. The maximum atomic E-state index is 8.36. The molecule has 0 bridgehead atoms. The molecular weight excluding hydrogens is 240 g/mol. The predicted molar refractivity (Wildman–Crippen MR) is 66.5 cm³/mol. The van der Waals surface area contributed by atoms with Crippen LogP contribution >= 0.6 is 0 Å². The Labute approximate surface area is 102 Å². The number of hydrogen-bond acceptors (Lipinski definition) is 5. The Bertz CT molecular complexity index is 71.4. The summed E-state index contributed by atoms with van der Waals surface area (Å²) < 4.78 is 0. The van der Waals surface area contributed by atoms with Gasteiger partial charge in [0.1, 0.15) is 11.6 Å². The fourth-order valence-corrected chi connectivity index (χ4v) is 0. The average molecular weight is 269 g/mol. The number of hydrogen-bond donors (Lipinski definition) is 3. The van der Waals surface area contributed by atoms with Crippen LogP contribution in [0.1, 0.15) is 22.3 Å². The lowest BCUT2D eigenvalue weighted by Gasteiger charge is -1.34. The Morgan fingerprint density at radius 2 is 1.00 bits per heavy atom. The number of aliphatic hydroxyl groups is 2. The van der Waals surface area contributed by atoms with Gasteiger partial charge in [0.25, 0.3) is 6.47 Å². The van der Waals surface area contributed by atoms with Gasteiger partial charge in [-0.1, -0.05) is 22.3 Å². The molecular formula is C8H29O9+. The van der Waals surface area contributed by atoms with Crippen molar-refractivity contribution in [2.75, 3.05) is 14.2 Å². The van der Waals surface area contributed by atoms with E-state index in [2.05, 4.69) is 0 Å². The van der Waals surface area contributed by atoms with E-state index in [1.165, 1.54) is 0 Å². The molecule has 0 heterocycles. The van der Waals surface area contributed by atoms with E-state index < -0.39 is 0 Å². The van der Waals surface area contributed by atoms with Crippen LogP contribution in [-0.2, 0) is 14.4 Å². The zero-order valence-corrected chi connectivity index (χ0v) is 7.80. The van der Waals surface area contributed by atoms with Crippen molar-refractivity contribution in [2.24, 2.45) is 0 Å². The minimum atomic E-state index is -0.250. The standard InChI is InChI=1S/CH2O2.CO2.2CH4O.CH2O.3CH4.2H2O/c2*2-1-3;3*1-2;;;;;/h1H,(H,2,3);;2*2H,1H3;1H2;3*1H4;2*1H2/p+1. The van der Waals surface area contributed by atoms with E-state index in [4.69, 9.17) is 34.5 Å². The van der Waals surface area contributed by atoms with E-state index in [1.807, 2.05) is 6.79 Å². The van der Waals surface area contributed by atoms with Crippen LogP contribution in [0.25, 0.3) is 0 Å². The van der Waals surface area contributed by atoms with Gasteiger partial charge in [-0.15, -0.1) is 0 Å². The lowest BCUT2D eigenvalue weighted by atomic mass is 11.7. The summed E-state index contributed by atoms with van der Waals surface area (Å²) in [6.07, 6.45) is 0.500. The molecule has 0 radical (unpaired) electrons. The van der Waals surface area contributed by atoms with Gasteiger partial charge in [-0.05, 0) is 0 Å². The molecule has 0 aromatic rings. The van der Waals surface area contributed by atoms with Gasteiger partial charge < -0.3 is 31.1 Å². The Morgan fingerprint density at radius 1 is 1.00 bits per heavy atom. The third kappa shape index (κ3) is 816. The van der Waals surface area contributed by atoms with Crippen LogP contribution in [0.3, 0.4) is 0 Å². The molecule has 0 saturated carbocycles. The molecule has 9 heteroatoms. The number of carbonyl (C=O) groups is 2. The van der Waals surface area contributed by atoms with Gasteiger partial charge in [0, 0.05) is 14.2 Å². The van der Waals surface area contributed by atoms with Crippen LogP contribution in [0, 0.1) is 0 Å². The molecule has 0 aromatic carbocycles. The van der Waals surface area contributed by atoms with E-state index in [0.717, 1.165) is 14.2 Å². The third-order valence-corrected chi connectivity index (χ3v) is 0. The van der Waals surface area contributed by atoms with Crippen LogP contribution in [0.2, 0.25) is 0 Å². The van der Waals surface area contributed by atoms with Gasteiger partial charge in [-0.3, -0.25) is 9.59 Å². The first kappa shape index (κ1) is 110. The maximum Gasteiger partial charge on any atom is 0.660 e. The van der Waals surface area contributed by atoms with Crippen molar-refractivity contribution < 1.29 is 45.5 Å². The first-order valence-electron chi connectivity index (χ1n) is 2.10. The number of carboxylic acid groups (broad SMARTS) is 1. The van der Waals surface area contributed by atoms with Crippen molar-refractivity contribution in [1.82, 2.24) is 0 Å². The lowest BCUT2D eigenvalue weighted by molar-refractivity contribution is -0.123. The molecule has 0 atom stereocenters. The first-order valence-corrected chi connectivity index (χ1v) is 2.10. The molecule has 0 aliphatic rings. The highest BCUT2D eigenvalue weighted by Gasteiger charge is 1.36. The second-order valence-corrected chi connectivity index (χ2v) is 0.197. The van der Waals surface area contributed by atoms with E-state index in [1.54, 1.807) is 0 Å².